The third kappa shape index (κ3) is 5.06. The normalized spacial score (nSPS) is 11.1. The fourth-order valence-corrected chi connectivity index (χ4v) is 1.75. The molecule has 1 heterocycles. The average Bonchev–Trinajstić information content (AvgIpc) is 2.40. The van der Waals surface area contributed by atoms with Gasteiger partial charge in [-0.3, -0.25) is 14.4 Å². The predicted octanol–water partition coefficient (Wildman–Crippen LogP) is 0.773. The largest absolute Gasteiger partial charge is 0.417 e. The van der Waals surface area contributed by atoms with Crippen molar-refractivity contribution in [1.29, 1.82) is 0 Å². The van der Waals surface area contributed by atoms with Crippen LogP contribution < -0.4 is 16.2 Å². The Morgan fingerprint density at radius 1 is 1.27 bits per heavy atom. The van der Waals surface area contributed by atoms with E-state index in [9.17, 15) is 27.6 Å². The molecule has 0 fully saturated rings. The van der Waals surface area contributed by atoms with Crippen molar-refractivity contribution in [2.24, 2.45) is 0 Å². The smallest absolute Gasteiger partial charge is 0.355 e. The van der Waals surface area contributed by atoms with Gasteiger partial charge in [0.25, 0.3) is 5.56 Å². The summed E-state index contributed by atoms with van der Waals surface area (Å²) in [6.07, 6.45) is -4.20. The van der Waals surface area contributed by atoms with Gasteiger partial charge in [-0.15, -0.1) is 0 Å². The standard InChI is InChI=1S/C12H13ClF3N3O3/c1-2-17-9(20)4-18-10(21)6-19-5-7(12(14,15)16)3-8(13)11(19)22/h3,5H,2,4,6H2,1H3,(H,17,20)(H,18,21). The minimum absolute atomic E-state index is 0.339. The molecule has 0 atom stereocenters. The van der Waals surface area contributed by atoms with E-state index in [1.165, 1.54) is 0 Å². The van der Waals surface area contributed by atoms with Crippen molar-refractivity contribution in [2.75, 3.05) is 13.1 Å². The third-order valence-corrected chi connectivity index (χ3v) is 2.77. The highest BCUT2D eigenvalue weighted by molar-refractivity contribution is 6.30. The number of likely N-dealkylation sites (N-methyl/N-ethyl adjacent to an activating group) is 1. The summed E-state index contributed by atoms with van der Waals surface area (Å²) in [6.45, 7) is 1.04. The summed E-state index contributed by atoms with van der Waals surface area (Å²) in [5.74, 6) is -1.24. The van der Waals surface area contributed by atoms with E-state index < -0.39 is 40.7 Å². The predicted molar refractivity (Wildman–Crippen MR) is 72.4 cm³/mol. The zero-order valence-electron chi connectivity index (χ0n) is 11.5. The van der Waals surface area contributed by atoms with E-state index in [0.29, 0.717) is 23.4 Å². The topological polar surface area (TPSA) is 80.2 Å². The first kappa shape index (κ1) is 18.0. The van der Waals surface area contributed by atoms with Gasteiger partial charge in [0.05, 0.1) is 12.1 Å². The highest BCUT2D eigenvalue weighted by Crippen LogP contribution is 2.29. The van der Waals surface area contributed by atoms with Crippen LogP contribution in [0.2, 0.25) is 5.02 Å². The maximum Gasteiger partial charge on any atom is 0.417 e. The first-order chi connectivity index (χ1) is 10.1. The molecule has 0 saturated carbocycles. The summed E-state index contributed by atoms with van der Waals surface area (Å²) in [5.41, 5.74) is -2.07. The minimum atomic E-state index is -4.70. The molecule has 1 rings (SSSR count). The number of carbonyl (C=O) groups is 2. The first-order valence-corrected chi connectivity index (χ1v) is 6.53. The lowest BCUT2D eigenvalue weighted by atomic mass is 10.2. The van der Waals surface area contributed by atoms with Crippen molar-refractivity contribution >= 4 is 23.4 Å². The van der Waals surface area contributed by atoms with Gasteiger partial charge < -0.3 is 15.2 Å². The maximum atomic E-state index is 12.6. The summed E-state index contributed by atoms with van der Waals surface area (Å²) in [4.78, 5) is 34.3. The van der Waals surface area contributed by atoms with Gasteiger partial charge in [-0.05, 0) is 13.0 Å². The second-order valence-corrected chi connectivity index (χ2v) is 4.64. The van der Waals surface area contributed by atoms with Crippen LogP contribution in [0.25, 0.3) is 0 Å². The van der Waals surface area contributed by atoms with Crippen molar-refractivity contribution in [3.05, 3.63) is 33.2 Å². The summed E-state index contributed by atoms with van der Waals surface area (Å²) in [6, 6.07) is 0.493. The molecule has 2 amide bonds. The van der Waals surface area contributed by atoms with Gasteiger partial charge in [0, 0.05) is 12.7 Å². The second kappa shape index (κ2) is 7.30. The highest BCUT2D eigenvalue weighted by Gasteiger charge is 2.32. The zero-order valence-corrected chi connectivity index (χ0v) is 12.2. The molecule has 0 unspecified atom stereocenters. The zero-order chi connectivity index (χ0) is 16.9. The Kier molecular flexibility index (Phi) is 5.98. The quantitative estimate of drug-likeness (QED) is 0.831. The van der Waals surface area contributed by atoms with Gasteiger partial charge in [0.1, 0.15) is 11.6 Å². The Labute approximate surface area is 128 Å². The van der Waals surface area contributed by atoms with Gasteiger partial charge >= 0.3 is 6.18 Å². The number of pyridine rings is 1. The Morgan fingerprint density at radius 3 is 2.45 bits per heavy atom. The van der Waals surface area contributed by atoms with E-state index in [0.717, 1.165) is 0 Å². The molecule has 0 bridgehead atoms. The van der Waals surface area contributed by atoms with Crippen LogP contribution >= 0.6 is 11.6 Å². The number of halogens is 4. The van der Waals surface area contributed by atoms with Crippen LogP contribution in [0, 0.1) is 0 Å². The van der Waals surface area contributed by atoms with Crippen molar-refractivity contribution in [3.8, 4) is 0 Å². The second-order valence-electron chi connectivity index (χ2n) is 4.24. The van der Waals surface area contributed by atoms with Crippen LogP contribution in [0.3, 0.4) is 0 Å². The molecule has 6 nitrogen and oxygen atoms in total. The van der Waals surface area contributed by atoms with Crippen molar-refractivity contribution < 1.29 is 22.8 Å². The SMILES string of the molecule is CCNC(=O)CNC(=O)Cn1cc(C(F)(F)F)cc(Cl)c1=O. The number of aromatic nitrogens is 1. The van der Waals surface area contributed by atoms with Crippen LogP contribution in [0.15, 0.2) is 17.1 Å². The van der Waals surface area contributed by atoms with Crippen molar-refractivity contribution in [2.45, 2.75) is 19.6 Å². The van der Waals surface area contributed by atoms with E-state index in [4.69, 9.17) is 11.6 Å². The monoisotopic (exact) mass is 339 g/mol. The van der Waals surface area contributed by atoms with E-state index in [2.05, 4.69) is 10.6 Å². The van der Waals surface area contributed by atoms with Crippen LogP contribution in [0.4, 0.5) is 13.2 Å². The summed E-state index contributed by atoms with van der Waals surface area (Å²) in [7, 11) is 0. The molecule has 22 heavy (non-hydrogen) atoms. The molecule has 1 aromatic rings. The number of hydrogen-bond acceptors (Lipinski definition) is 3. The van der Waals surface area contributed by atoms with E-state index in [1.54, 1.807) is 6.92 Å². The molecular formula is C12H13ClF3N3O3. The molecule has 0 saturated heterocycles. The fourth-order valence-electron chi connectivity index (χ4n) is 1.52. The molecule has 1 aromatic heterocycles. The molecule has 0 aliphatic rings. The van der Waals surface area contributed by atoms with E-state index >= 15 is 0 Å². The van der Waals surface area contributed by atoms with Gasteiger partial charge in [0.2, 0.25) is 11.8 Å². The van der Waals surface area contributed by atoms with Crippen LogP contribution in [-0.2, 0) is 22.3 Å². The molecule has 0 spiro atoms. The number of alkyl halides is 3. The Bertz CT molecular complexity index is 628. The number of rotatable bonds is 5. The Morgan fingerprint density at radius 2 is 1.91 bits per heavy atom. The number of nitrogens with one attached hydrogen (secondary N) is 2. The molecule has 0 radical (unpaired) electrons. The number of carbonyl (C=O) groups excluding carboxylic acids is 2. The van der Waals surface area contributed by atoms with E-state index in [-0.39, 0.29) is 6.54 Å². The molecule has 0 aromatic carbocycles. The van der Waals surface area contributed by atoms with Crippen LogP contribution in [-0.4, -0.2) is 29.5 Å². The van der Waals surface area contributed by atoms with Crippen LogP contribution in [0.5, 0.6) is 0 Å². The number of hydrogen-bond donors (Lipinski definition) is 2. The van der Waals surface area contributed by atoms with Gasteiger partial charge in [-0.2, -0.15) is 13.2 Å². The minimum Gasteiger partial charge on any atom is -0.355 e. The number of amides is 2. The van der Waals surface area contributed by atoms with Gasteiger partial charge in [0.15, 0.2) is 0 Å². The first-order valence-electron chi connectivity index (χ1n) is 6.15. The van der Waals surface area contributed by atoms with Gasteiger partial charge in [-0.1, -0.05) is 11.6 Å². The highest BCUT2D eigenvalue weighted by atomic mass is 35.5. The van der Waals surface area contributed by atoms with E-state index in [1.807, 2.05) is 0 Å². The van der Waals surface area contributed by atoms with Gasteiger partial charge in [-0.25, -0.2) is 0 Å². The van der Waals surface area contributed by atoms with Crippen molar-refractivity contribution in [1.82, 2.24) is 15.2 Å². The molecular weight excluding hydrogens is 327 g/mol. The third-order valence-electron chi connectivity index (χ3n) is 2.50. The lowest BCUT2D eigenvalue weighted by Gasteiger charge is -2.12. The molecule has 0 aliphatic carbocycles. The van der Waals surface area contributed by atoms with Crippen LogP contribution in [0.1, 0.15) is 12.5 Å². The average molecular weight is 340 g/mol. The molecule has 2 N–H and O–H groups in total. The Hall–Kier alpha value is -2.03. The summed E-state index contributed by atoms with van der Waals surface area (Å²) in [5, 5.41) is 3.96. The fraction of sp³-hybridized carbons (Fsp3) is 0.417. The molecule has 10 heteroatoms. The molecule has 0 aliphatic heterocycles. The summed E-state index contributed by atoms with van der Waals surface area (Å²) < 4.78 is 38.4. The number of nitrogens with zero attached hydrogens (tertiary/aromatic N) is 1. The molecule has 122 valence electrons. The van der Waals surface area contributed by atoms with Crippen molar-refractivity contribution in [3.63, 3.8) is 0 Å². The maximum absolute atomic E-state index is 12.6. The lowest BCUT2D eigenvalue weighted by Crippen LogP contribution is -2.39. The lowest BCUT2D eigenvalue weighted by molar-refractivity contribution is -0.138. The Balaban J connectivity index is 2.85. The summed E-state index contributed by atoms with van der Waals surface area (Å²) >= 11 is 5.45.